The summed E-state index contributed by atoms with van der Waals surface area (Å²) in [5, 5.41) is 21.8. The fourth-order valence-electron chi connectivity index (χ4n) is 2.44. The van der Waals surface area contributed by atoms with E-state index in [2.05, 4.69) is 21.0 Å². The number of urea groups is 1. The van der Waals surface area contributed by atoms with E-state index in [0.29, 0.717) is 26.9 Å². The Labute approximate surface area is 174 Å². The number of halogens is 2. The largest absolute Gasteiger partial charge is 0.359 e. The van der Waals surface area contributed by atoms with E-state index in [9.17, 15) is 14.9 Å². The maximum Gasteiger partial charge on any atom is 0.339 e. The second-order valence-electron chi connectivity index (χ2n) is 5.74. The van der Waals surface area contributed by atoms with Crippen LogP contribution in [0.25, 0.3) is 11.3 Å². The summed E-state index contributed by atoms with van der Waals surface area (Å²) in [7, 11) is 0. The van der Waals surface area contributed by atoms with Gasteiger partial charge in [0, 0.05) is 23.3 Å². The zero-order valence-corrected chi connectivity index (χ0v) is 16.4. The standard InChI is InChI=1S/C18H13Cl2N5O4/c1-10-16(17(24-29-10)15-13(19)6-3-7-14(15)20)22-18(26)23-21-9-11-4-2-5-12(8-11)25(27)28/h2-9H,1H3,(H2,22,23,26)/b21-9-. The van der Waals surface area contributed by atoms with Crippen molar-refractivity contribution in [2.45, 2.75) is 6.92 Å². The number of hydrogen-bond acceptors (Lipinski definition) is 6. The molecule has 29 heavy (non-hydrogen) atoms. The molecule has 11 heteroatoms. The molecule has 0 spiro atoms. The van der Waals surface area contributed by atoms with Crippen LogP contribution in [-0.2, 0) is 0 Å². The predicted octanol–water partition coefficient (Wildman–Crippen LogP) is 5.02. The van der Waals surface area contributed by atoms with Crippen molar-refractivity contribution in [2.24, 2.45) is 5.10 Å². The van der Waals surface area contributed by atoms with Crippen LogP contribution >= 0.6 is 23.2 Å². The van der Waals surface area contributed by atoms with Crippen LogP contribution in [0.3, 0.4) is 0 Å². The first kappa shape index (κ1) is 20.3. The summed E-state index contributed by atoms with van der Waals surface area (Å²) < 4.78 is 5.16. The fourth-order valence-corrected chi connectivity index (χ4v) is 3.02. The topological polar surface area (TPSA) is 123 Å². The maximum atomic E-state index is 12.2. The number of nitrogens with zero attached hydrogens (tertiary/aromatic N) is 3. The quantitative estimate of drug-likeness (QED) is 0.332. The van der Waals surface area contributed by atoms with Crippen molar-refractivity contribution in [3.05, 3.63) is 73.9 Å². The Kier molecular flexibility index (Phi) is 6.10. The van der Waals surface area contributed by atoms with Gasteiger partial charge in [0.1, 0.15) is 11.4 Å². The molecule has 1 aromatic heterocycles. The van der Waals surface area contributed by atoms with Crippen LogP contribution < -0.4 is 10.7 Å². The van der Waals surface area contributed by atoms with Crippen molar-refractivity contribution in [1.82, 2.24) is 10.6 Å². The molecule has 0 aliphatic heterocycles. The van der Waals surface area contributed by atoms with Crippen LogP contribution in [0.15, 0.2) is 52.1 Å². The smallest absolute Gasteiger partial charge is 0.339 e. The molecule has 1 heterocycles. The Balaban J connectivity index is 1.74. The Morgan fingerprint density at radius 2 is 1.93 bits per heavy atom. The van der Waals surface area contributed by atoms with Gasteiger partial charge in [-0.05, 0) is 19.1 Å². The highest BCUT2D eigenvalue weighted by Crippen LogP contribution is 2.39. The van der Waals surface area contributed by atoms with Gasteiger partial charge in [-0.1, -0.05) is 46.6 Å². The van der Waals surface area contributed by atoms with Crippen LogP contribution in [0.4, 0.5) is 16.2 Å². The molecule has 0 bridgehead atoms. The number of rotatable bonds is 5. The van der Waals surface area contributed by atoms with Crippen LogP contribution in [0.2, 0.25) is 10.0 Å². The van der Waals surface area contributed by atoms with Crippen molar-refractivity contribution < 1.29 is 14.2 Å². The van der Waals surface area contributed by atoms with Crippen molar-refractivity contribution in [1.29, 1.82) is 0 Å². The summed E-state index contributed by atoms with van der Waals surface area (Å²) in [5.41, 5.74) is 3.61. The van der Waals surface area contributed by atoms with E-state index < -0.39 is 11.0 Å². The molecule has 2 amide bonds. The summed E-state index contributed by atoms with van der Waals surface area (Å²) in [5.74, 6) is 0.341. The Hall–Kier alpha value is -3.43. The normalized spacial score (nSPS) is 10.9. The third-order valence-corrected chi connectivity index (χ3v) is 4.39. The van der Waals surface area contributed by atoms with E-state index in [1.54, 1.807) is 31.2 Å². The molecular formula is C18H13Cl2N5O4. The Morgan fingerprint density at radius 3 is 2.62 bits per heavy atom. The number of hydrogen-bond donors (Lipinski definition) is 2. The number of carbonyl (C=O) groups is 1. The summed E-state index contributed by atoms with van der Waals surface area (Å²) >= 11 is 12.4. The molecule has 0 saturated heterocycles. The third kappa shape index (κ3) is 4.71. The number of nitrogens with one attached hydrogen (secondary N) is 2. The van der Waals surface area contributed by atoms with Gasteiger partial charge >= 0.3 is 6.03 Å². The number of nitro groups is 1. The van der Waals surface area contributed by atoms with Gasteiger partial charge in [0.25, 0.3) is 5.69 Å². The van der Waals surface area contributed by atoms with Gasteiger partial charge in [-0.25, -0.2) is 10.2 Å². The highest BCUT2D eigenvalue weighted by atomic mass is 35.5. The number of aromatic nitrogens is 1. The Morgan fingerprint density at radius 1 is 1.24 bits per heavy atom. The van der Waals surface area contributed by atoms with Gasteiger partial charge in [0.05, 0.1) is 21.2 Å². The van der Waals surface area contributed by atoms with Crippen LogP contribution in [0, 0.1) is 17.0 Å². The molecule has 148 valence electrons. The molecule has 0 aliphatic carbocycles. The van der Waals surface area contributed by atoms with E-state index >= 15 is 0 Å². The zero-order chi connectivity index (χ0) is 21.0. The molecule has 0 unspecified atom stereocenters. The zero-order valence-electron chi connectivity index (χ0n) is 14.8. The molecule has 0 fully saturated rings. The molecular weight excluding hydrogens is 421 g/mol. The number of nitro benzene ring substituents is 1. The second kappa shape index (κ2) is 8.72. The highest BCUT2D eigenvalue weighted by molar-refractivity contribution is 6.39. The van der Waals surface area contributed by atoms with Gasteiger partial charge in [-0.15, -0.1) is 0 Å². The summed E-state index contributed by atoms with van der Waals surface area (Å²) in [6.07, 6.45) is 1.28. The number of hydrazone groups is 1. The molecule has 0 atom stereocenters. The van der Waals surface area contributed by atoms with Gasteiger partial charge in [0.2, 0.25) is 0 Å². The van der Waals surface area contributed by atoms with Crippen molar-refractivity contribution >= 4 is 46.8 Å². The minimum Gasteiger partial charge on any atom is -0.359 e. The third-order valence-electron chi connectivity index (χ3n) is 3.76. The van der Waals surface area contributed by atoms with E-state index in [1.165, 1.54) is 24.4 Å². The minimum atomic E-state index is -0.678. The highest BCUT2D eigenvalue weighted by Gasteiger charge is 2.21. The monoisotopic (exact) mass is 433 g/mol. The second-order valence-corrected chi connectivity index (χ2v) is 6.55. The SMILES string of the molecule is Cc1onc(-c2c(Cl)cccc2Cl)c1NC(=O)N/N=C\c1cccc([N+](=O)[O-])c1. The van der Waals surface area contributed by atoms with Gasteiger partial charge in [-0.3, -0.25) is 10.1 Å². The van der Waals surface area contributed by atoms with E-state index in [1.807, 2.05) is 0 Å². The van der Waals surface area contributed by atoms with Crippen molar-refractivity contribution in [3.8, 4) is 11.3 Å². The number of carbonyl (C=O) groups excluding carboxylic acids is 1. The average Bonchev–Trinajstić information content (AvgIpc) is 3.02. The summed E-state index contributed by atoms with van der Waals surface area (Å²) in [4.78, 5) is 22.5. The first-order valence-corrected chi connectivity index (χ1v) is 8.87. The molecule has 2 N–H and O–H groups in total. The van der Waals surface area contributed by atoms with E-state index in [4.69, 9.17) is 27.7 Å². The van der Waals surface area contributed by atoms with Crippen molar-refractivity contribution in [2.75, 3.05) is 5.32 Å². The predicted molar refractivity (Wildman–Crippen MR) is 110 cm³/mol. The van der Waals surface area contributed by atoms with E-state index in [0.717, 1.165) is 0 Å². The molecule has 3 aromatic rings. The lowest BCUT2D eigenvalue weighted by molar-refractivity contribution is -0.384. The van der Waals surface area contributed by atoms with Gasteiger partial charge in [-0.2, -0.15) is 5.10 Å². The molecule has 2 aromatic carbocycles. The number of benzene rings is 2. The van der Waals surface area contributed by atoms with Crippen LogP contribution in [-0.4, -0.2) is 22.3 Å². The molecule has 0 saturated carbocycles. The molecule has 3 rings (SSSR count). The van der Waals surface area contributed by atoms with Gasteiger partial charge in [0.15, 0.2) is 5.76 Å². The first-order valence-electron chi connectivity index (χ1n) is 8.12. The number of anilines is 1. The molecule has 9 nitrogen and oxygen atoms in total. The number of non-ortho nitro benzene ring substituents is 1. The lowest BCUT2D eigenvalue weighted by Crippen LogP contribution is -2.24. The average molecular weight is 434 g/mol. The minimum absolute atomic E-state index is 0.0836. The number of aryl methyl sites for hydroxylation is 1. The Bertz CT molecular complexity index is 1090. The first-order chi connectivity index (χ1) is 13.9. The lowest BCUT2D eigenvalue weighted by atomic mass is 10.1. The maximum absolute atomic E-state index is 12.2. The lowest BCUT2D eigenvalue weighted by Gasteiger charge is -2.07. The number of amides is 2. The van der Waals surface area contributed by atoms with Crippen LogP contribution in [0.1, 0.15) is 11.3 Å². The van der Waals surface area contributed by atoms with E-state index in [-0.39, 0.29) is 17.1 Å². The molecule has 0 aliphatic rings. The molecule has 0 radical (unpaired) electrons. The summed E-state index contributed by atoms with van der Waals surface area (Å²) in [6.45, 7) is 1.61. The van der Waals surface area contributed by atoms with Gasteiger partial charge < -0.3 is 9.84 Å². The van der Waals surface area contributed by atoms with Crippen LogP contribution in [0.5, 0.6) is 0 Å². The summed E-state index contributed by atoms with van der Waals surface area (Å²) in [6, 6.07) is 10.1. The fraction of sp³-hybridized carbons (Fsp3) is 0.0556. The van der Waals surface area contributed by atoms with Crippen molar-refractivity contribution in [3.63, 3.8) is 0 Å².